The molecule has 2 fully saturated rings. The van der Waals surface area contributed by atoms with Gasteiger partial charge in [0.2, 0.25) is 15.9 Å². The van der Waals surface area contributed by atoms with Crippen molar-refractivity contribution >= 4 is 55.5 Å². The number of nitrogens with zero attached hydrogens (tertiary/aromatic N) is 3. The Balaban J connectivity index is 1.71. The summed E-state index contributed by atoms with van der Waals surface area (Å²) in [6, 6.07) is -1.57. The van der Waals surface area contributed by atoms with Crippen molar-refractivity contribution in [3.05, 3.63) is 22.4 Å². The van der Waals surface area contributed by atoms with Crippen LogP contribution in [0.2, 0.25) is 0 Å². The van der Waals surface area contributed by atoms with Gasteiger partial charge in [0.25, 0.3) is 5.91 Å². The Labute approximate surface area is 180 Å². The molecule has 170 valence electrons. The average Bonchev–Trinajstić information content (AvgIpc) is 3.30. The monoisotopic (exact) mass is 495 g/mol. The van der Waals surface area contributed by atoms with E-state index in [4.69, 9.17) is 4.55 Å². The molecule has 0 radical (unpaired) electrons. The van der Waals surface area contributed by atoms with Crippen molar-refractivity contribution in [2.75, 3.05) is 25.9 Å². The fourth-order valence-corrected chi connectivity index (χ4v) is 5.16. The number of urea groups is 2. The van der Waals surface area contributed by atoms with E-state index >= 15 is 0 Å². The minimum atomic E-state index is -4.73. The second-order valence-corrected chi connectivity index (χ2v) is 10.8. The Morgan fingerprint density at radius 1 is 1.19 bits per heavy atom. The van der Waals surface area contributed by atoms with Crippen LogP contribution in [0, 0.1) is 0 Å². The smallest absolute Gasteiger partial charge is 0.340 e. The quantitative estimate of drug-likeness (QED) is 0.306. The Bertz CT molecular complexity index is 1130. The van der Waals surface area contributed by atoms with E-state index in [0.29, 0.717) is 14.1 Å². The molecule has 2 saturated heterocycles. The Kier molecular flexibility index (Phi) is 5.96. The standard InChI is InChI=1S/C14H17N5O9S3/c1-30(24,25)18-5-4-17(14(18)23)13(22)16-10(9-3-2-6-29-9)11(20)15-8-7-19(12(8)21)31(26,27)28/h2-3,6,8,10H,4-5,7H2,1H3,(H,15,20)(H,16,22)(H,26,27,28). The molecule has 2 aliphatic rings. The Morgan fingerprint density at radius 3 is 2.35 bits per heavy atom. The summed E-state index contributed by atoms with van der Waals surface area (Å²) in [6.45, 7) is -0.938. The topological polar surface area (TPSA) is 191 Å². The number of β-lactam (4-membered cyclic amide) rings is 1. The lowest BCUT2D eigenvalue weighted by Crippen LogP contribution is -2.66. The first-order valence-electron chi connectivity index (χ1n) is 8.53. The maximum absolute atomic E-state index is 12.7. The van der Waals surface area contributed by atoms with Crippen LogP contribution >= 0.6 is 11.3 Å². The number of hydrogen-bond donors (Lipinski definition) is 3. The molecular weight excluding hydrogens is 478 g/mol. The molecular formula is C14H17N5O9S3. The zero-order valence-corrected chi connectivity index (χ0v) is 18.2. The number of carbonyl (C=O) groups is 4. The summed E-state index contributed by atoms with van der Waals surface area (Å²) in [5, 5.41) is 6.21. The van der Waals surface area contributed by atoms with E-state index in [0.717, 1.165) is 17.6 Å². The number of sulfonamides is 1. The number of thiophene rings is 1. The number of amides is 6. The van der Waals surface area contributed by atoms with Gasteiger partial charge >= 0.3 is 22.4 Å². The molecule has 3 heterocycles. The normalized spacial score (nSPS) is 20.5. The van der Waals surface area contributed by atoms with Gasteiger partial charge in [0.15, 0.2) is 0 Å². The van der Waals surface area contributed by atoms with E-state index in [1.165, 1.54) is 6.07 Å². The maximum Gasteiger partial charge on any atom is 0.362 e. The number of rotatable bonds is 6. The van der Waals surface area contributed by atoms with Gasteiger partial charge in [-0.1, -0.05) is 6.07 Å². The van der Waals surface area contributed by atoms with Crippen LogP contribution < -0.4 is 10.6 Å². The summed E-state index contributed by atoms with van der Waals surface area (Å²) >= 11 is 1.09. The molecule has 2 atom stereocenters. The van der Waals surface area contributed by atoms with Gasteiger partial charge in [-0.3, -0.25) is 14.1 Å². The highest BCUT2D eigenvalue weighted by atomic mass is 32.2. The first kappa shape index (κ1) is 22.9. The van der Waals surface area contributed by atoms with Crippen molar-refractivity contribution < 1.29 is 40.6 Å². The molecule has 3 rings (SSSR count). The SMILES string of the molecule is CS(=O)(=O)N1CCN(C(=O)NC(C(=O)NC2CN(S(=O)(=O)O)C2=O)c2cccs2)C1=O. The lowest BCUT2D eigenvalue weighted by atomic mass is 10.1. The molecule has 0 aliphatic carbocycles. The summed E-state index contributed by atoms with van der Waals surface area (Å²) in [4.78, 5) is 50.3. The number of carbonyl (C=O) groups excluding carboxylic acids is 4. The van der Waals surface area contributed by atoms with Crippen LogP contribution in [-0.4, -0.2) is 90.7 Å². The third kappa shape index (κ3) is 4.63. The molecule has 2 aliphatic heterocycles. The third-order valence-corrected chi connectivity index (χ3v) is 7.42. The lowest BCUT2D eigenvalue weighted by Gasteiger charge is -2.36. The summed E-state index contributed by atoms with van der Waals surface area (Å²) in [7, 11) is -8.60. The van der Waals surface area contributed by atoms with Gasteiger partial charge in [0, 0.05) is 4.88 Å². The van der Waals surface area contributed by atoms with Gasteiger partial charge in [-0.15, -0.1) is 11.3 Å². The van der Waals surface area contributed by atoms with Crippen molar-refractivity contribution in [3.8, 4) is 0 Å². The van der Waals surface area contributed by atoms with Gasteiger partial charge in [-0.2, -0.15) is 8.42 Å². The number of nitrogens with one attached hydrogen (secondary N) is 2. The second kappa shape index (κ2) is 8.06. The molecule has 6 amide bonds. The molecule has 0 saturated carbocycles. The molecule has 3 N–H and O–H groups in total. The predicted octanol–water partition coefficient (Wildman–Crippen LogP) is -1.67. The van der Waals surface area contributed by atoms with Crippen LogP contribution in [0.25, 0.3) is 0 Å². The molecule has 2 unspecified atom stereocenters. The Hall–Kier alpha value is -2.76. The van der Waals surface area contributed by atoms with E-state index in [2.05, 4.69) is 10.6 Å². The lowest BCUT2D eigenvalue weighted by molar-refractivity contribution is -0.141. The first-order chi connectivity index (χ1) is 14.3. The minimum Gasteiger partial charge on any atom is -0.340 e. The molecule has 14 nitrogen and oxygen atoms in total. The van der Waals surface area contributed by atoms with E-state index in [-0.39, 0.29) is 17.4 Å². The van der Waals surface area contributed by atoms with E-state index in [1.807, 2.05) is 0 Å². The molecule has 0 spiro atoms. The molecule has 0 aromatic carbocycles. The first-order valence-corrected chi connectivity index (χ1v) is 12.7. The van der Waals surface area contributed by atoms with Crippen molar-refractivity contribution in [1.29, 1.82) is 0 Å². The Morgan fingerprint density at radius 2 is 1.87 bits per heavy atom. The molecule has 17 heteroatoms. The summed E-state index contributed by atoms with van der Waals surface area (Å²) < 4.78 is 54.8. The van der Waals surface area contributed by atoms with Crippen molar-refractivity contribution in [2.24, 2.45) is 0 Å². The highest BCUT2D eigenvalue weighted by Crippen LogP contribution is 2.22. The van der Waals surface area contributed by atoms with Crippen LogP contribution in [0.15, 0.2) is 17.5 Å². The van der Waals surface area contributed by atoms with Crippen LogP contribution in [0.3, 0.4) is 0 Å². The molecule has 0 bridgehead atoms. The second-order valence-electron chi connectivity index (χ2n) is 6.58. The highest BCUT2D eigenvalue weighted by molar-refractivity contribution is 7.88. The average molecular weight is 496 g/mol. The van der Waals surface area contributed by atoms with Gasteiger partial charge in [-0.05, 0) is 11.4 Å². The zero-order chi connectivity index (χ0) is 23.1. The van der Waals surface area contributed by atoms with E-state index in [1.54, 1.807) is 11.4 Å². The fourth-order valence-electron chi connectivity index (χ4n) is 2.90. The highest BCUT2D eigenvalue weighted by Gasteiger charge is 2.46. The van der Waals surface area contributed by atoms with Crippen LogP contribution in [-0.2, 0) is 29.9 Å². The fraction of sp³-hybridized carbons (Fsp3) is 0.429. The largest absolute Gasteiger partial charge is 0.362 e. The van der Waals surface area contributed by atoms with Crippen molar-refractivity contribution in [1.82, 2.24) is 24.1 Å². The van der Waals surface area contributed by atoms with Crippen LogP contribution in [0.4, 0.5) is 9.59 Å². The van der Waals surface area contributed by atoms with Gasteiger partial charge in [-0.25, -0.2) is 31.5 Å². The number of imide groups is 1. The molecule has 1 aromatic rings. The predicted molar refractivity (Wildman–Crippen MR) is 104 cm³/mol. The number of hydrogen-bond acceptors (Lipinski definition) is 9. The molecule has 1 aromatic heterocycles. The van der Waals surface area contributed by atoms with Crippen molar-refractivity contribution in [2.45, 2.75) is 12.1 Å². The van der Waals surface area contributed by atoms with Gasteiger partial charge in [0.1, 0.15) is 12.1 Å². The third-order valence-electron chi connectivity index (χ3n) is 4.46. The maximum atomic E-state index is 12.7. The zero-order valence-electron chi connectivity index (χ0n) is 15.8. The van der Waals surface area contributed by atoms with Crippen molar-refractivity contribution in [3.63, 3.8) is 0 Å². The minimum absolute atomic E-state index is 0.166. The van der Waals surface area contributed by atoms with Crippen LogP contribution in [0.1, 0.15) is 10.9 Å². The summed E-state index contributed by atoms with van der Waals surface area (Å²) in [5.41, 5.74) is 0. The molecule has 31 heavy (non-hydrogen) atoms. The van der Waals surface area contributed by atoms with Gasteiger partial charge in [0.05, 0.1) is 25.9 Å². The van der Waals surface area contributed by atoms with E-state index in [9.17, 15) is 36.0 Å². The summed E-state index contributed by atoms with van der Waals surface area (Å²) in [6.07, 6.45) is 0.819. The summed E-state index contributed by atoms with van der Waals surface area (Å²) in [5.74, 6) is -1.92. The van der Waals surface area contributed by atoms with Gasteiger partial charge < -0.3 is 10.6 Å². The van der Waals surface area contributed by atoms with Crippen LogP contribution in [0.5, 0.6) is 0 Å². The van der Waals surface area contributed by atoms with E-state index < -0.39 is 62.8 Å².